The van der Waals surface area contributed by atoms with Crippen molar-refractivity contribution in [2.45, 2.75) is 18.6 Å². The number of rotatable bonds is 7. The Balaban J connectivity index is 1.67. The molecule has 1 fully saturated rings. The summed E-state index contributed by atoms with van der Waals surface area (Å²) in [7, 11) is 1.52. The molecule has 154 valence electrons. The van der Waals surface area contributed by atoms with Crippen LogP contribution >= 0.6 is 23.2 Å². The smallest absolute Gasteiger partial charge is 0.325 e. The van der Waals surface area contributed by atoms with Crippen LogP contribution in [0.25, 0.3) is 0 Å². The molecular formula is C20H20Cl2N2O5. The second-order valence-electron chi connectivity index (χ2n) is 6.74. The highest BCUT2D eigenvalue weighted by atomic mass is 35.5. The molecule has 7 nitrogen and oxygen atoms in total. The van der Waals surface area contributed by atoms with Gasteiger partial charge in [-0.25, -0.2) is 4.79 Å². The zero-order chi connectivity index (χ0) is 21.2. The Hall–Kier alpha value is -2.48. The number of nitrogens with one attached hydrogen (secondary N) is 1. The molecule has 3 rings (SSSR count). The summed E-state index contributed by atoms with van der Waals surface area (Å²) in [5.74, 6) is 0.436. The normalized spacial score (nSPS) is 19.8. The number of aliphatic hydroxyl groups excluding tert-OH is 1. The molecule has 0 bridgehead atoms. The van der Waals surface area contributed by atoms with E-state index in [4.69, 9.17) is 32.7 Å². The summed E-state index contributed by atoms with van der Waals surface area (Å²) >= 11 is 11.9. The zero-order valence-electron chi connectivity index (χ0n) is 15.8. The van der Waals surface area contributed by atoms with Crippen LogP contribution < -0.4 is 14.8 Å². The van der Waals surface area contributed by atoms with E-state index in [1.54, 1.807) is 43.3 Å². The first-order valence-electron chi connectivity index (χ1n) is 8.79. The van der Waals surface area contributed by atoms with E-state index in [9.17, 15) is 14.7 Å². The molecular weight excluding hydrogens is 419 g/mol. The lowest BCUT2D eigenvalue weighted by Crippen LogP contribution is -2.42. The molecule has 0 spiro atoms. The van der Waals surface area contributed by atoms with Crippen molar-refractivity contribution in [1.29, 1.82) is 0 Å². The third-order valence-corrected chi connectivity index (χ3v) is 5.17. The summed E-state index contributed by atoms with van der Waals surface area (Å²) in [6, 6.07) is 11.0. The van der Waals surface area contributed by atoms with E-state index in [2.05, 4.69) is 5.32 Å². The molecule has 0 aromatic heterocycles. The van der Waals surface area contributed by atoms with Crippen LogP contribution in [0, 0.1) is 0 Å². The van der Waals surface area contributed by atoms with Crippen molar-refractivity contribution in [3.8, 4) is 11.5 Å². The summed E-state index contributed by atoms with van der Waals surface area (Å²) in [6.45, 7) is 1.22. The van der Waals surface area contributed by atoms with Crippen molar-refractivity contribution in [3.05, 3.63) is 58.1 Å². The number of amides is 3. The number of benzene rings is 2. The van der Waals surface area contributed by atoms with Gasteiger partial charge in [0.2, 0.25) is 0 Å². The Morgan fingerprint density at radius 3 is 2.66 bits per heavy atom. The van der Waals surface area contributed by atoms with E-state index >= 15 is 0 Å². The van der Waals surface area contributed by atoms with Crippen LogP contribution in [-0.4, -0.2) is 48.3 Å². The van der Waals surface area contributed by atoms with E-state index < -0.39 is 23.6 Å². The number of carbonyl (C=O) groups excluding carboxylic acids is 2. The van der Waals surface area contributed by atoms with Crippen molar-refractivity contribution in [2.75, 3.05) is 20.3 Å². The van der Waals surface area contributed by atoms with Gasteiger partial charge in [-0.1, -0.05) is 35.3 Å². The number of ether oxygens (including phenoxy) is 2. The molecule has 1 heterocycles. The molecule has 1 aliphatic rings. The van der Waals surface area contributed by atoms with E-state index in [1.165, 1.54) is 13.2 Å². The standard InChI is InChI=1S/C20H20Cl2N2O5/c1-20(12-4-3-5-15(8-12)28-2)18(26)24(19(27)23-20)10-14(25)11-29-17-7-6-13(21)9-16(17)22/h3-9,14,25H,10-11H2,1-2H3,(H,23,27). The molecule has 2 unspecified atom stereocenters. The Morgan fingerprint density at radius 1 is 1.21 bits per heavy atom. The predicted octanol–water partition coefficient (Wildman–Crippen LogP) is 3.21. The second kappa shape index (κ2) is 8.49. The maximum atomic E-state index is 13.0. The van der Waals surface area contributed by atoms with Crippen LogP contribution in [0.3, 0.4) is 0 Å². The summed E-state index contributed by atoms with van der Waals surface area (Å²) in [6.07, 6.45) is -1.11. The third kappa shape index (κ3) is 4.42. The fourth-order valence-corrected chi connectivity index (χ4v) is 3.50. The maximum absolute atomic E-state index is 13.0. The quantitative estimate of drug-likeness (QED) is 0.647. The van der Waals surface area contributed by atoms with Crippen molar-refractivity contribution in [2.24, 2.45) is 0 Å². The lowest BCUT2D eigenvalue weighted by Gasteiger charge is -2.23. The number of urea groups is 1. The first-order valence-corrected chi connectivity index (χ1v) is 9.54. The molecule has 2 aromatic rings. The van der Waals surface area contributed by atoms with Crippen molar-refractivity contribution in [3.63, 3.8) is 0 Å². The highest BCUT2D eigenvalue weighted by molar-refractivity contribution is 6.35. The number of carbonyl (C=O) groups is 2. The number of hydrogen-bond donors (Lipinski definition) is 2. The highest BCUT2D eigenvalue weighted by Gasteiger charge is 2.49. The number of halogens is 2. The summed E-state index contributed by atoms with van der Waals surface area (Å²) in [4.78, 5) is 26.3. The molecule has 2 N–H and O–H groups in total. The lowest BCUT2D eigenvalue weighted by molar-refractivity contribution is -0.132. The molecule has 2 atom stereocenters. The third-order valence-electron chi connectivity index (χ3n) is 4.64. The van der Waals surface area contributed by atoms with Crippen molar-refractivity contribution >= 4 is 35.1 Å². The number of nitrogens with zero attached hydrogens (tertiary/aromatic N) is 1. The number of methoxy groups -OCH3 is 1. The van der Waals surface area contributed by atoms with Gasteiger partial charge >= 0.3 is 6.03 Å². The summed E-state index contributed by atoms with van der Waals surface area (Å²) in [5, 5.41) is 13.7. The second-order valence-corrected chi connectivity index (χ2v) is 7.59. The van der Waals surface area contributed by atoms with Crippen LogP contribution in [0.2, 0.25) is 10.0 Å². The molecule has 2 aromatic carbocycles. The average Bonchev–Trinajstić information content (AvgIpc) is 2.91. The van der Waals surface area contributed by atoms with Gasteiger partial charge in [0, 0.05) is 5.02 Å². The minimum atomic E-state index is -1.26. The van der Waals surface area contributed by atoms with Crippen LogP contribution in [0.5, 0.6) is 11.5 Å². The molecule has 29 heavy (non-hydrogen) atoms. The SMILES string of the molecule is COc1cccc(C2(C)NC(=O)N(CC(O)COc3ccc(Cl)cc3Cl)C2=O)c1. The Kier molecular flexibility index (Phi) is 6.21. The van der Waals surface area contributed by atoms with Gasteiger partial charge in [0.15, 0.2) is 0 Å². The van der Waals surface area contributed by atoms with Crippen LogP contribution in [0.4, 0.5) is 4.79 Å². The summed E-state index contributed by atoms with van der Waals surface area (Å²) in [5.41, 5.74) is -0.678. The highest BCUT2D eigenvalue weighted by Crippen LogP contribution is 2.31. The van der Waals surface area contributed by atoms with Gasteiger partial charge in [0.05, 0.1) is 18.7 Å². The van der Waals surface area contributed by atoms with Gasteiger partial charge in [-0.05, 0) is 42.8 Å². The summed E-state index contributed by atoms with van der Waals surface area (Å²) < 4.78 is 10.7. The first-order chi connectivity index (χ1) is 13.7. The molecule has 0 radical (unpaired) electrons. The minimum Gasteiger partial charge on any atom is -0.497 e. The molecule has 3 amide bonds. The first kappa shape index (κ1) is 21.2. The number of aliphatic hydroxyl groups is 1. The van der Waals surface area contributed by atoms with E-state index in [-0.39, 0.29) is 13.2 Å². The van der Waals surface area contributed by atoms with Crippen LogP contribution in [-0.2, 0) is 10.3 Å². The molecule has 0 aliphatic carbocycles. The molecule has 1 aliphatic heterocycles. The number of hydrogen-bond acceptors (Lipinski definition) is 5. The van der Waals surface area contributed by atoms with Gasteiger partial charge in [-0.3, -0.25) is 9.69 Å². The fourth-order valence-electron chi connectivity index (χ4n) is 3.03. The van der Waals surface area contributed by atoms with Crippen molar-refractivity contribution < 1.29 is 24.2 Å². The fraction of sp³-hybridized carbons (Fsp3) is 0.300. The van der Waals surface area contributed by atoms with Gasteiger partial charge in [-0.2, -0.15) is 0 Å². The predicted molar refractivity (Wildman–Crippen MR) is 109 cm³/mol. The molecule has 0 saturated carbocycles. The topological polar surface area (TPSA) is 88.1 Å². The minimum absolute atomic E-state index is 0.158. The van der Waals surface area contributed by atoms with Gasteiger partial charge in [0.25, 0.3) is 5.91 Å². The molecule has 1 saturated heterocycles. The lowest BCUT2D eigenvalue weighted by atomic mass is 9.92. The zero-order valence-corrected chi connectivity index (χ0v) is 17.3. The Morgan fingerprint density at radius 2 is 1.97 bits per heavy atom. The van der Waals surface area contributed by atoms with Crippen molar-refractivity contribution in [1.82, 2.24) is 10.2 Å². The Bertz CT molecular complexity index is 939. The largest absolute Gasteiger partial charge is 0.497 e. The monoisotopic (exact) mass is 438 g/mol. The van der Waals surface area contributed by atoms with E-state index in [0.29, 0.717) is 27.1 Å². The van der Waals surface area contributed by atoms with E-state index in [0.717, 1.165) is 4.90 Å². The van der Waals surface area contributed by atoms with Gasteiger partial charge in [0.1, 0.15) is 29.7 Å². The van der Waals surface area contributed by atoms with Gasteiger partial charge in [-0.15, -0.1) is 0 Å². The maximum Gasteiger partial charge on any atom is 0.325 e. The van der Waals surface area contributed by atoms with Crippen LogP contribution in [0.1, 0.15) is 12.5 Å². The Labute approximate surface area is 178 Å². The van der Waals surface area contributed by atoms with Gasteiger partial charge < -0.3 is 19.9 Å². The molecule has 9 heteroatoms. The van der Waals surface area contributed by atoms with Crippen LogP contribution in [0.15, 0.2) is 42.5 Å². The average molecular weight is 439 g/mol. The number of β-amino-alcohol motifs (C(OH)–C–C–N with tert-alkyl or cyclic N) is 1. The van der Waals surface area contributed by atoms with E-state index in [1.807, 2.05) is 0 Å². The number of imide groups is 1.